The molecule has 2 N–H and O–H groups in total. The van der Waals surface area contributed by atoms with Crippen LogP contribution in [-0.2, 0) is 6.42 Å². The van der Waals surface area contributed by atoms with E-state index in [-0.39, 0.29) is 6.04 Å². The van der Waals surface area contributed by atoms with Crippen molar-refractivity contribution in [2.45, 2.75) is 25.8 Å². The maximum Gasteiger partial charge on any atom is 0.135 e. The van der Waals surface area contributed by atoms with Gasteiger partial charge in [0.2, 0.25) is 0 Å². The van der Waals surface area contributed by atoms with E-state index >= 15 is 0 Å². The van der Waals surface area contributed by atoms with Crippen LogP contribution < -0.4 is 5.73 Å². The lowest BCUT2D eigenvalue weighted by Gasteiger charge is -2.10. The van der Waals surface area contributed by atoms with E-state index < -0.39 is 0 Å². The molecule has 2 aromatic rings. The molecular formula is C12H14ClNO. The minimum absolute atomic E-state index is 0.173. The van der Waals surface area contributed by atoms with Gasteiger partial charge in [0.05, 0.1) is 6.26 Å². The average molecular weight is 224 g/mol. The van der Waals surface area contributed by atoms with E-state index in [2.05, 4.69) is 13.0 Å². The standard InChI is InChI=1S/C12H14ClNO/c1-2-10(14)6-9-5-8-3-4-15-12(8)7-11(9)13/h3-5,7,10H,2,6,14H2,1H3. The van der Waals surface area contributed by atoms with Crippen molar-refractivity contribution in [3.63, 3.8) is 0 Å². The van der Waals surface area contributed by atoms with Crippen LogP contribution in [0.4, 0.5) is 0 Å². The van der Waals surface area contributed by atoms with Gasteiger partial charge in [-0.15, -0.1) is 0 Å². The molecule has 1 aromatic carbocycles. The second-order valence-electron chi connectivity index (χ2n) is 3.77. The number of furan rings is 1. The highest BCUT2D eigenvalue weighted by Crippen LogP contribution is 2.25. The normalized spacial score (nSPS) is 13.3. The molecule has 15 heavy (non-hydrogen) atoms. The summed E-state index contributed by atoms with van der Waals surface area (Å²) in [6.45, 7) is 2.08. The van der Waals surface area contributed by atoms with Gasteiger partial charge in [-0.25, -0.2) is 0 Å². The van der Waals surface area contributed by atoms with Gasteiger partial charge in [0.15, 0.2) is 0 Å². The lowest BCUT2D eigenvalue weighted by atomic mass is 10.0. The summed E-state index contributed by atoms with van der Waals surface area (Å²) in [5, 5.41) is 1.82. The van der Waals surface area contributed by atoms with Gasteiger partial charge >= 0.3 is 0 Å². The Morgan fingerprint density at radius 1 is 1.47 bits per heavy atom. The molecule has 1 atom stereocenters. The first kappa shape index (κ1) is 10.5. The Kier molecular flexibility index (Phi) is 2.98. The summed E-state index contributed by atoms with van der Waals surface area (Å²) in [5.74, 6) is 0. The molecular weight excluding hydrogens is 210 g/mol. The molecule has 0 amide bonds. The number of hydrogen-bond donors (Lipinski definition) is 1. The van der Waals surface area contributed by atoms with E-state index in [0.717, 1.165) is 34.4 Å². The highest BCUT2D eigenvalue weighted by Gasteiger charge is 2.08. The number of nitrogens with two attached hydrogens (primary N) is 1. The van der Waals surface area contributed by atoms with Crippen molar-refractivity contribution < 1.29 is 4.42 Å². The Morgan fingerprint density at radius 2 is 2.27 bits per heavy atom. The van der Waals surface area contributed by atoms with Crippen LogP contribution in [0.3, 0.4) is 0 Å². The monoisotopic (exact) mass is 223 g/mol. The SMILES string of the molecule is CCC(N)Cc1cc2ccoc2cc1Cl. The average Bonchev–Trinajstić information content (AvgIpc) is 2.65. The van der Waals surface area contributed by atoms with Gasteiger partial charge in [-0.05, 0) is 30.5 Å². The second kappa shape index (κ2) is 4.25. The summed E-state index contributed by atoms with van der Waals surface area (Å²) in [4.78, 5) is 0. The first-order chi connectivity index (χ1) is 7.20. The molecule has 0 aliphatic carbocycles. The first-order valence-corrected chi connectivity index (χ1v) is 5.49. The lowest BCUT2D eigenvalue weighted by Crippen LogP contribution is -2.21. The van der Waals surface area contributed by atoms with E-state index in [1.165, 1.54) is 0 Å². The predicted octanol–water partition coefficient (Wildman–Crippen LogP) is 3.37. The molecule has 0 saturated carbocycles. The van der Waals surface area contributed by atoms with Crippen LogP contribution in [0.15, 0.2) is 28.9 Å². The van der Waals surface area contributed by atoms with Gasteiger partial charge in [-0.2, -0.15) is 0 Å². The second-order valence-corrected chi connectivity index (χ2v) is 4.18. The Balaban J connectivity index is 2.37. The van der Waals surface area contributed by atoms with Crippen LogP contribution in [0.1, 0.15) is 18.9 Å². The Morgan fingerprint density at radius 3 is 3.00 bits per heavy atom. The zero-order valence-corrected chi connectivity index (χ0v) is 9.42. The minimum atomic E-state index is 0.173. The fraction of sp³-hybridized carbons (Fsp3) is 0.333. The molecule has 80 valence electrons. The highest BCUT2D eigenvalue weighted by atomic mass is 35.5. The van der Waals surface area contributed by atoms with Crippen LogP contribution in [0, 0.1) is 0 Å². The molecule has 0 radical (unpaired) electrons. The number of benzene rings is 1. The molecule has 3 heteroatoms. The molecule has 1 aromatic heterocycles. The van der Waals surface area contributed by atoms with Gasteiger partial charge in [0.25, 0.3) is 0 Å². The largest absolute Gasteiger partial charge is 0.464 e. The third-order valence-electron chi connectivity index (χ3n) is 2.63. The summed E-state index contributed by atoms with van der Waals surface area (Å²) < 4.78 is 5.27. The van der Waals surface area contributed by atoms with Crippen LogP contribution in [-0.4, -0.2) is 6.04 Å². The van der Waals surface area contributed by atoms with Crippen molar-refractivity contribution in [1.29, 1.82) is 0 Å². The third-order valence-corrected chi connectivity index (χ3v) is 2.98. The summed E-state index contributed by atoms with van der Waals surface area (Å²) in [7, 11) is 0. The number of halogens is 1. The summed E-state index contributed by atoms with van der Waals surface area (Å²) >= 11 is 6.15. The van der Waals surface area contributed by atoms with Gasteiger partial charge in [-0.3, -0.25) is 0 Å². The molecule has 0 spiro atoms. The fourth-order valence-electron chi connectivity index (χ4n) is 1.62. The van der Waals surface area contributed by atoms with Crippen molar-refractivity contribution in [2.75, 3.05) is 0 Å². The van der Waals surface area contributed by atoms with Crippen LogP contribution in [0.25, 0.3) is 11.0 Å². The van der Waals surface area contributed by atoms with Gasteiger partial charge < -0.3 is 10.2 Å². The highest BCUT2D eigenvalue weighted by molar-refractivity contribution is 6.32. The first-order valence-electron chi connectivity index (χ1n) is 5.12. The fourth-order valence-corrected chi connectivity index (χ4v) is 1.85. The maximum absolute atomic E-state index is 6.15. The topological polar surface area (TPSA) is 39.2 Å². The number of hydrogen-bond acceptors (Lipinski definition) is 2. The van der Waals surface area contributed by atoms with Gasteiger partial charge in [0.1, 0.15) is 5.58 Å². The Labute approximate surface area is 94.0 Å². The molecule has 0 bridgehead atoms. The van der Waals surface area contributed by atoms with Crippen LogP contribution in [0.2, 0.25) is 5.02 Å². The lowest BCUT2D eigenvalue weighted by molar-refractivity contribution is 0.615. The molecule has 0 saturated heterocycles. The van der Waals surface area contributed by atoms with Crippen molar-refractivity contribution >= 4 is 22.6 Å². The van der Waals surface area contributed by atoms with Gasteiger partial charge in [-0.1, -0.05) is 18.5 Å². The smallest absolute Gasteiger partial charge is 0.135 e. The summed E-state index contributed by atoms with van der Waals surface area (Å²) in [5.41, 5.74) is 7.84. The Hall–Kier alpha value is -0.990. The maximum atomic E-state index is 6.15. The van der Waals surface area contributed by atoms with Gasteiger partial charge in [0, 0.05) is 22.5 Å². The van der Waals surface area contributed by atoms with Crippen LogP contribution >= 0.6 is 11.6 Å². The molecule has 2 nitrogen and oxygen atoms in total. The van der Waals surface area contributed by atoms with E-state index in [9.17, 15) is 0 Å². The van der Waals surface area contributed by atoms with Crippen molar-refractivity contribution in [2.24, 2.45) is 5.73 Å². The molecule has 1 heterocycles. The zero-order chi connectivity index (χ0) is 10.8. The number of fused-ring (bicyclic) bond motifs is 1. The predicted molar refractivity (Wildman–Crippen MR) is 63.2 cm³/mol. The zero-order valence-electron chi connectivity index (χ0n) is 8.66. The third kappa shape index (κ3) is 2.16. The number of rotatable bonds is 3. The quantitative estimate of drug-likeness (QED) is 0.867. The molecule has 1 unspecified atom stereocenters. The van der Waals surface area contributed by atoms with E-state index in [4.69, 9.17) is 21.8 Å². The summed E-state index contributed by atoms with van der Waals surface area (Å²) in [6.07, 6.45) is 3.45. The summed E-state index contributed by atoms with van der Waals surface area (Å²) in [6, 6.07) is 6.02. The van der Waals surface area contributed by atoms with E-state index in [1.807, 2.05) is 12.1 Å². The molecule has 2 rings (SSSR count). The Bertz CT molecular complexity index is 464. The van der Waals surface area contributed by atoms with Crippen LogP contribution in [0.5, 0.6) is 0 Å². The van der Waals surface area contributed by atoms with E-state index in [1.54, 1.807) is 6.26 Å². The van der Waals surface area contributed by atoms with Crippen molar-refractivity contribution in [3.8, 4) is 0 Å². The van der Waals surface area contributed by atoms with Crippen molar-refractivity contribution in [1.82, 2.24) is 0 Å². The van der Waals surface area contributed by atoms with E-state index in [0.29, 0.717) is 0 Å². The van der Waals surface area contributed by atoms with Crippen molar-refractivity contribution in [3.05, 3.63) is 35.0 Å². The molecule has 0 aliphatic rings. The minimum Gasteiger partial charge on any atom is -0.464 e. The molecule has 0 aliphatic heterocycles. The molecule has 0 fully saturated rings.